The zero-order valence-corrected chi connectivity index (χ0v) is 20.5. The topological polar surface area (TPSA) is 96.0 Å². The summed E-state index contributed by atoms with van der Waals surface area (Å²) in [6, 6.07) is 11.0. The molecule has 0 radical (unpaired) electrons. The zero-order valence-electron chi connectivity index (χ0n) is 18.1. The molecule has 176 valence electrons. The van der Waals surface area contributed by atoms with Gasteiger partial charge >= 0.3 is 6.09 Å². The maximum absolute atomic E-state index is 12.5. The number of hydrogen-bond acceptors (Lipinski definition) is 7. The Bertz CT molecular complexity index is 1280. The largest absolute Gasteiger partial charge is 0.445 e. The Balaban J connectivity index is 1.09. The van der Waals surface area contributed by atoms with Gasteiger partial charge in [-0.1, -0.05) is 28.4 Å². The van der Waals surface area contributed by atoms with Crippen molar-refractivity contribution in [3.8, 4) is 0 Å². The summed E-state index contributed by atoms with van der Waals surface area (Å²) in [5, 5.41) is 18.3. The Hall–Kier alpha value is -2.88. The number of carbonyl (C=O) groups excluding carboxylic acids is 1. The van der Waals surface area contributed by atoms with Crippen LogP contribution in [0.5, 0.6) is 0 Å². The molecule has 1 aliphatic heterocycles. The van der Waals surface area contributed by atoms with Crippen molar-refractivity contribution in [1.82, 2.24) is 25.3 Å². The van der Waals surface area contributed by atoms with E-state index in [0.29, 0.717) is 35.6 Å². The molecule has 0 atom stereocenters. The van der Waals surface area contributed by atoms with Gasteiger partial charge in [0, 0.05) is 40.1 Å². The number of nitrogens with one attached hydrogen (secondary N) is 2. The van der Waals surface area contributed by atoms with E-state index >= 15 is 0 Å². The van der Waals surface area contributed by atoms with Crippen molar-refractivity contribution in [2.45, 2.75) is 31.9 Å². The number of piperidine rings is 1. The van der Waals surface area contributed by atoms with Gasteiger partial charge in [0.1, 0.15) is 12.1 Å². The first kappa shape index (κ1) is 22.9. The van der Waals surface area contributed by atoms with E-state index in [1.54, 1.807) is 34.4 Å². The lowest BCUT2D eigenvalue weighted by molar-refractivity contribution is 0.0870. The van der Waals surface area contributed by atoms with Gasteiger partial charge in [-0.2, -0.15) is 0 Å². The summed E-state index contributed by atoms with van der Waals surface area (Å²) < 4.78 is 5.46. The average molecular weight is 517 g/mol. The molecule has 2 aromatic carbocycles. The minimum atomic E-state index is -0.317. The SMILES string of the molecule is O=C(OCc1cc(Cl)cc(Cl)c1)N1CCC(c2nc(CNc3ccc4[nH]nnc4c3)cs2)CC1. The fourth-order valence-corrected chi connectivity index (χ4v) is 5.54. The maximum atomic E-state index is 12.5. The lowest BCUT2D eigenvalue weighted by Gasteiger charge is -2.30. The van der Waals surface area contributed by atoms with E-state index in [-0.39, 0.29) is 12.7 Å². The molecule has 1 aliphatic rings. The second-order valence-corrected chi connectivity index (χ2v) is 9.93. The molecule has 8 nitrogen and oxygen atoms in total. The van der Waals surface area contributed by atoms with Gasteiger partial charge in [0.15, 0.2) is 0 Å². The highest BCUT2D eigenvalue weighted by atomic mass is 35.5. The predicted octanol–water partition coefficient (Wildman–Crippen LogP) is 5.85. The van der Waals surface area contributed by atoms with Crippen molar-refractivity contribution in [2.75, 3.05) is 18.4 Å². The zero-order chi connectivity index (χ0) is 23.5. The molecule has 2 N–H and O–H groups in total. The monoisotopic (exact) mass is 516 g/mol. The number of ether oxygens (including phenoxy) is 1. The highest BCUT2D eigenvalue weighted by Gasteiger charge is 2.26. The molecule has 3 heterocycles. The first-order chi connectivity index (χ1) is 16.5. The van der Waals surface area contributed by atoms with E-state index in [2.05, 4.69) is 26.1 Å². The number of fused-ring (bicyclic) bond motifs is 1. The third kappa shape index (κ3) is 5.43. The van der Waals surface area contributed by atoms with E-state index in [0.717, 1.165) is 45.8 Å². The molecule has 0 spiro atoms. The lowest BCUT2D eigenvalue weighted by atomic mass is 9.98. The predicted molar refractivity (Wildman–Crippen MR) is 134 cm³/mol. The van der Waals surface area contributed by atoms with Crippen molar-refractivity contribution < 1.29 is 9.53 Å². The third-order valence-corrected chi connectivity index (χ3v) is 7.25. The number of benzene rings is 2. The van der Waals surface area contributed by atoms with Crippen LogP contribution in [0.15, 0.2) is 41.8 Å². The number of halogens is 2. The van der Waals surface area contributed by atoms with Crippen molar-refractivity contribution in [3.63, 3.8) is 0 Å². The second kappa shape index (κ2) is 10.2. The molecule has 0 aliphatic carbocycles. The van der Waals surface area contributed by atoms with E-state index in [9.17, 15) is 4.79 Å². The van der Waals surface area contributed by atoms with E-state index in [1.165, 1.54) is 0 Å². The maximum Gasteiger partial charge on any atom is 0.410 e. The minimum absolute atomic E-state index is 0.144. The van der Waals surface area contributed by atoms with Crippen LogP contribution >= 0.6 is 34.5 Å². The normalized spacial score (nSPS) is 14.5. The van der Waals surface area contributed by atoms with Gasteiger partial charge in [0.05, 0.1) is 22.8 Å². The van der Waals surface area contributed by atoms with Gasteiger partial charge < -0.3 is 15.0 Å². The Labute approximate surface area is 210 Å². The van der Waals surface area contributed by atoms with Crippen LogP contribution in [-0.2, 0) is 17.9 Å². The Kier molecular flexibility index (Phi) is 6.85. The number of anilines is 1. The molecular weight excluding hydrogens is 495 g/mol. The van der Waals surface area contributed by atoms with Crippen LogP contribution in [0, 0.1) is 0 Å². The van der Waals surface area contributed by atoms with Crippen LogP contribution in [-0.4, -0.2) is 44.5 Å². The van der Waals surface area contributed by atoms with E-state index < -0.39 is 0 Å². The van der Waals surface area contributed by atoms with Crippen molar-refractivity contribution in [1.29, 1.82) is 0 Å². The van der Waals surface area contributed by atoms with Gasteiger partial charge in [0.25, 0.3) is 0 Å². The summed E-state index contributed by atoms with van der Waals surface area (Å²) in [5.41, 5.74) is 4.48. The third-order valence-electron chi connectivity index (χ3n) is 5.76. The number of rotatable bonds is 6. The number of thiazole rings is 1. The molecule has 1 fully saturated rings. The second-order valence-electron chi connectivity index (χ2n) is 8.17. The number of nitrogens with zero attached hydrogens (tertiary/aromatic N) is 4. The van der Waals surface area contributed by atoms with Crippen LogP contribution in [0.25, 0.3) is 11.0 Å². The van der Waals surface area contributed by atoms with Crippen LogP contribution in [0.4, 0.5) is 10.5 Å². The Morgan fingerprint density at radius 2 is 1.97 bits per heavy atom. The first-order valence-electron chi connectivity index (χ1n) is 10.9. The summed E-state index contributed by atoms with van der Waals surface area (Å²) in [5.74, 6) is 0.348. The molecule has 2 aromatic heterocycles. The standard InChI is InChI=1S/C23H22Cl2N6O2S/c24-16-7-14(8-17(25)9-16)12-33-23(32)31-5-3-15(4-6-31)22-27-19(13-34-22)11-26-18-1-2-20-21(10-18)29-30-28-20/h1-2,7-10,13,15,26H,3-6,11-12H2,(H,28,29,30). The summed E-state index contributed by atoms with van der Waals surface area (Å²) in [4.78, 5) is 19.1. The molecule has 1 saturated heterocycles. The highest BCUT2D eigenvalue weighted by Crippen LogP contribution is 2.31. The van der Waals surface area contributed by atoms with Crippen LogP contribution in [0.1, 0.15) is 35.0 Å². The molecule has 11 heteroatoms. The molecular formula is C23H22Cl2N6O2S. The van der Waals surface area contributed by atoms with Gasteiger partial charge in [-0.25, -0.2) is 9.78 Å². The lowest BCUT2D eigenvalue weighted by Crippen LogP contribution is -2.38. The first-order valence-corrected chi connectivity index (χ1v) is 12.5. The molecule has 4 aromatic rings. The molecule has 0 bridgehead atoms. The number of aromatic amines is 1. The number of H-pyrrole nitrogens is 1. The van der Waals surface area contributed by atoms with Gasteiger partial charge in [-0.3, -0.25) is 5.10 Å². The van der Waals surface area contributed by atoms with Crippen molar-refractivity contribution in [2.24, 2.45) is 0 Å². The van der Waals surface area contributed by atoms with Crippen molar-refractivity contribution >= 4 is 57.4 Å². The van der Waals surface area contributed by atoms with E-state index in [4.69, 9.17) is 32.9 Å². The molecule has 1 amide bonds. The summed E-state index contributed by atoms with van der Waals surface area (Å²) in [6.45, 7) is 2.07. The van der Waals surface area contributed by atoms with Crippen LogP contribution in [0.2, 0.25) is 10.0 Å². The van der Waals surface area contributed by atoms with Gasteiger partial charge in [0.2, 0.25) is 0 Å². The average Bonchev–Trinajstić information content (AvgIpc) is 3.50. The Morgan fingerprint density at radius 3 is 2.76 bits per heavy atom. The fourth-order valence-electron chi connectivity index (χ4n) is 3.98. The summed E-state index contributed by atoms with van der Waals surface area (Å²) >= 11 is 13.7. The van der Waals surface area contributed by atoms with Crippen LogP contribution in [0.3, 0.4) is 0 Å². The molecule has 5 rings (SSSR count). The van der Waals surface area contributed by atoms with E-state index in [1.807, 2.05) is 18.2 Å². The smallest absolute Gasteiger partial charge is 0.410 e. The van der Waals surface area contributed by atoms with Gasteiger partial charge in [-0.15, -0.1) is 16.4 Å². The molecule has 0 unspecified atom stereocenters. The quantitative estimate of drug-likeness (QED) is 0.333. The van der Waals surface area contributed by atoms with Crippen LogP contribution < -0.4 is 5.32 Å². The molecule has 34 heavy (non-hydrogen) atoms. The molecule has 0 saturated carbocycles. The van der Waals surface area contributed by atoms with Gasteiger partial charge in [-0.05, 0) is 54.8 Å². The number of carbonyl (C=O) groups is 1. The number of likely N-dealkylation sites (tertiary alicyclic amines) is 1. The van der Waals surface area contributed by atoms with Crippen molar-refractivity contribution in [3.05, 3.63) is 68.1 Å². The fraction of sp³-hybridized carbons (Fsp3) is 0.304. The highest BCUT2D eigenvalue weighted by molar-refractivity contribution is 7.09. The Morgan fingerprint density at radius 1 is 1.18 bits per heavy atom. The summed E-state index contributed by atoms with van der Waals surface area (Å²) in [6.07, 6.45) is 1.41. The minimum Gasteiger partial charge on any atom is -0.445 e. The number of hydrogen-bond donors (Lipinski definition) is 2. The number of amides is 1. The summed E-state index contributed by atoms with van der Waals surface area (Å²) in [7, 11) is 0. The number of aromatic nitrogens is 4.